The molecule has 1 aliphatic rings. The highest BCUT2D eigenvalue weighted by molar-refractivity contribution is 5.00. The highest BCUT2D eigenvalue weighted by Gasteiger charge is 2.22. The van der Waals surface area contributed by atoms with E-state index in [9.17, 15) is 4.79 Å². The van der Waals surface area contributed by atoms with Gasteiger partial charge in [-0.05, 0) is 25.7 Å². The Hall–Kier alpha value is -1.12. The van der Waals surface area contributed by atoms with Crippen LogP contribution < -0.4 is 5.56 Å². The molecule has 1 aromatic heterocycles. The second-order valence-electron chi connectivity index (χ2n) is 3.48. The predicted octanol–water partition coefficient (Wildman–Crippen LogP) is 0.962. The third-order valence-electron chi connectivity index (χ3n) is 2.22. The van der Waals surface area contributed by atoms with Crippen molar-refractivity contribution in [3.05, 3.63) is 28.4 Å². The molecule has 1 aliphatic carbocycles. The van der Waals surface area contributed by atoms with E-state index in [1.165, 1.54) is 12.8 Å². The molecule has 1 aromatic rings. The van der Waals surface area contributed by atoms with Crippen molar-refractivity contribution < 1.29 is 0 Å². The first kappa shape index (κ1) is 7.53. The molecule has 1 saturated carbocycles. The summed E-state index contributed by atoms with van der Waals surface area (Å²) in [7, 11) is 0. The minimum absolute atomic E-state index is 0.108. The second kappa shape index (κ2) is 2.73. The van der Waals surface area contributed by atoms with Gasteiger partial charge in [-0.25, -0.2) is 4.98 Å². The molecule has 3 heteroatoms. The molecule has 2 rings (SSSR count). The standard InChI is InChI=1S/C9H12N2O/c1-7-4-10-6-11(9(7)12)5-8-2-3-8/h4,6,8H,2-3,5H2,1H3. The lowest BCUT2D eigenvalue weighted by Crippen LogP contribution is -2.22. The fourth-order valence-corrected chi connectivity index (χ4v) is 1.27. The summed E-state index contributed by atoms with van der Waals surface area (Å²) in [5.74, 6) is 0.728. The average Bonchev–Trinajstić information content (AvgIpc) is 2.83. The number of aryl methyl sites for hydroxylation is 1. The van der Waals surface area contributed by atoms with Gasteiger partial charge in [0.15, 0.2) is 0 Å². The summed E-state index contributed by atoms with van der Waals surface area (Å²) in [5, 5.41) is 0. The van der Waals surface area contributed by atoms with Gasteiger partial charge in [-0.1, -0.05) is 0 Å². The zero-order chi connectivity index (χ0) is 8.55. The fourth-order valence-electron chi connectivity index (χ4n) is 1.27. The van der Waals surface area contributed by atoms with Gasteiger partial charge in [0, 0.05) is 18.3 Å². The summed E-state index contributed by atoms with van der Waals surface area (Å²) in [4.78, 5) is 15.4. The third kappa shape index (κ3) is 1.40. The van der Waals surface area contributed by atoms with E-state index in [0.717, 1.165) is 18.0 Å². The van der Waals surface area contributed by atoms with E-state index in [1.807, 2.05) is 0 Å². The molecule has 0 saturated heterocycles. The third-order valence-corrected chi connectivity index (χ3v) is 2.22. The lowest BCUT2D eigenvalue weighted by atomic mass is 10.3. The molecule has 0 atom stereocenters. The maximum absolute atomic E-state index is 11.5. The molecule has 0 amide bonds. The summed E-state index contributed by atoms with van der Waals surface area (Å²) in [5.41, 5.74) is 0.843. The smallest absolute Gasteiger partial charge is 0.256 e. The number of hydrogen-bond acceptors (Lipinski definition) is 2. The number of hydrogen-bond donors (Lipinski definition) is 0. The van der Waals surface area contributed by atoms with Crippen molar-refractivity contribution in [3.63, 3.8) is 0 Å². The molecule has 1 fully saturated rings. The van der Waals surface area contributed by atoms with Gasteiger partial charge in [-0.15, -0.1) is 0 Å². The zero-order valence-corrected chi connectivity index (χ0v) is 7.16. The van der Waals surface area contributed by atoms with Crippen LogP contribution in [0.25, 0.3) is 0 Å². The van der Waals surface area contributed by atoms with E-state index >= 15 is 0 Å². The summed E-state index contributed by atoms with van der Waals surface area (Å²) in [6.45, 7) is 2.66. The van der Waals surface area contributed by atoms with Gasteiger partial charge in [0.25, 0.3) is 5.56 Å². The van der Waals surface area contributed by atoms with E-state index < -0.39 is 0 Å². The second-order valence-corrected chi connectivity index (χ2v) is 3.48. The molecule has 0 aliphatic heterocycles. The monoisotopic (exact) mass is 164 g/mol. The molecule has 12 heavy (non-hydrogen) atoms. The Morgan fingerprint density at radius 3 is 3.08 bits per heavy atom. The molecule has 0 bridgehead atoms. The lowest BCUT2D eigenvalue weighted by molar-refractivity contribution is 0.592. The Morgan fingerprint density at radius 2 is 2.42 bits per heavy atom. The van der Waals surface area contributed by atoms with Gasteiger partial charge < -0.3 is 0 Å². The van der Waals surface area contributed by atoms with Crippen LogP contribution in [0.15, 0.2) is 17.3 Å². The lowest BCUT2D eigenvalue weighted by Gasteiger charge is -2.02. The predicted molar refractivity (Wildman–Crippen MR) is 46.0 cm³/mol. The molecular formula is C9H12N2O. The molecule has 3 nitrogen and oxygen atoms in total. The van der Waals surface area contributed by atoms with Gasteiger partial charge in [0.2, 0.25) is 0 Å². The van der Waals surface area contributed by atoms with Gasteiger partial charge in [0.1, 0.15) is 0 Å². The van der Waals surface area contributed by atoms with Crippen LogP contribution in [0, 0.1) is 12.8 Å². The van der Waals surface area contributed by atoms with Crippen molar-refractivity contribution in [2.75, 3.05) is 0 Å². The van der Waals surface area contributed by atoms with Crippen molar-refractivity contribution in [2.24, 2.45) is 5.92 Å². The van der Waals surface area contributed by atoms with Crippen molar-refractivity contribution in [3.8, 4) is 0 Å². The Balaban J connectivity index is 2.29. The molecular weight excluding hydrogens is 152 g/mol. The first-order chi connectivity index (χ1) is 5.77. The largest absolute Gasteiger partial charge is 0.299 e. The van der Waals surface area contributed by atoms with E-state index in [2.05, 4.69) is 4.98 Å². The summed E-state index contributed by atoms with van der Waals surface area (Å²) in [6.07, 6.45) is 5.78. The molecule has 0 radical (unpaired) electrons. The summed E-state index contributed by atoms with van der Waals surface area (Å²) >= 11 is 0. The summed E-state index contributed by atoms with van der Waals surface area (Å²) < 4.78 is 1.72. The fraction of sp³-hybridized carbons (Fsp3) is 0.556. The molecule has 1 heterocycles. The van der Waals surface area contributed by atoms with E-state index in [1.54, 1.807) is 24.0 Å². The van der Waals surface area contributed by atoms with Crippen LogP contribution in [-0.2, 0) is 6.54 Å². The van der Waals surface area contributed by atoms with Crippen LogP contribution in [0.5, 0.6) is 0 Å². The van der Waals surface area contributed by atoms with Gasteiger partial charge in [-0.3, -0.25) is 9.36 Å². The highest BCUT2D eigenvalue weighted by Crippen LogP contribution is 2.29. The Kier molecular flexibility index (Phi) is 1.71. The maximum atomic E-state index is 11.5. The van der Waals surface area contributed by atoms with Crippen LogP contribution in [0.4, 0.5) is 0 Å². The number of nitrogens with zero attached hydrogens (tertiary/aromatic N) is 2. The van der Waals surface area contributed by atoms with E-state index in [4.69, 9.17) is 0 Å². The first-order valence-corrected chi connectivity index (χ1v) is 4.28. The zero-order valence-electron chi connectivity index (χ0n) is 7.16. The molecule has 0 aromatic carbocycles. The number of aromatic nitrogens is 2. The van der Waals surface area contributed by atoms with E-state index in [-0.39, 0.29) is 5.56 Å². The van der Waals surface area contributed by atoms with Crippen molar-refractivity contribution in [2.45, 2.75) is 26.3 Å². The molecule has 64 valence electrons. The van der Waals surface area contributed by atoms with Crippen molar-refractivity contribution in [1.29, 1.82) is 0 Å². The average molecular weight is 164 g/mol. The normalized spacial score (nSPS) is 16.4. The van der Waals surface area contributed by atoms with Crippen LogP contribution in [0.3, 0.4) is 0 Å². The van der Waals surface area contributed by atoms with E-state index in [0.29, 0.717) is 0 Å². The Bertz CT molecular complexity index is 339. The Labute approximate surface area is 71.1 Å². The van der Waals surface area contributed by atoms with Gasteiger partial charge in [0.05, 0.1) is 6.33 Å². The highest BCUT2D eigenvalue weighted by atomic mass is 16.1. The minimum atomic E-state index is 0.108. The van der Waals surface area contributed by atoms with Gasteiger partial charge >= 0.3 is 0 Å². The SMILES string of the molecule is Cc1cncn(CC2CC2)c1=O. The minimum Gasteiger partial charge on any atom is -0.299 e. The van der Waals surface area contributed by atoms with Crippen molar-refractivity contribution >= 4 is 0 Å². The summed E-state index contributed by atoms with van der Waals surface area (Å²) in [6, 6.07) is 0. The van der Waals surface area contributed by atoms with Crippen LogP contribution in [0.1, 0.15) is 18.4 Å². The quantitative estimate of drug-likeness (QED) is 0.652. The molecule has 0 N–H and O–H groups in total. The first-order valence-electron chi connectivity index (χ1n) is 4.28. The van der Waals surface area contributed by atoms with Crippen molar-refractivity contribution in [1.82, 2.24) is 9.55 Å². The number of rotatable bonds is 2. The molecule has 0 spiro atoms. The van der Waals surface area contributed by atoms with Crippen LogP contribution >= 0.6 is 0 Å². The Morgan fingerprint density at radius 1 is 1.67 bits per heavy atom. The topological polar surface area (TPSA) is 34.9 Å². The molecule has 0 unspecified atom stereocenters. The van der Waals surface area contributed by atoms with Crippen LogP contribution in [0.2, 0.25) is 0 Å². The van der Waals surface area contributed by atoms with Gasteiger partial charge in [-0.2, -0.15) is 0 Å². The van der Waals surface area contributed by atoms with Crippen LogP contribution in [-0.4, -0.2) is 9.55 Å². The maximum Gasteiger partial charge on any atom is 0.256 e.